The van der Waals surface area contributed by atoms with Gasteiger partial charge in [-0.2, -0.15) is 5.10 Å². The van der Waals surface area contributed by atoms with Crippen molar-refractivity contribution in [3.63, 3.8) is 0 Å². The van der Waals surface area contributed by atoms with Crippen LogP contribution in [0.25, 0.3) is 0 Å². The second kappa shape index (κ2) is 11.0. The summed E-state index contributed by atoms with van der Waals surface area (Å²) in [6, 6.07) is 18.2. The molecule has 0 aliphatic rings. The van der Waals surface area contributed by atoms with E-state index in [-0.39, 0.29) is 5.75 Å². The van der Waals surface area contributed by atoms with Crippen molar-refractivity contribution in [3.8, 4) is 17.2 Å². The summed E-state index contributed by atoms with van der Waals surface area (Å²) < 4.78 is 16.2. The van der Waals surface area contributed by atoms with Gasteiger partial charge in [0.05, 0.1) is 36.1 Å². The van der Waals surface area contributed by atoms with Gasteiger partial charge in [0, 0.05) is 0 Å². The first-order valence-corrected chi connectivity index (χ1v) is 10.1. The maximum atomic E-state index is 12.5. The number of methoxy groups -OCH3 is 1. The smallest absolute Gasteiger partial charge is 0.343 e. The Balaban J connectivity index is 1.70. The van der Waals surface area contributed by atoms with Crippen LogP contribution >= 0.6 is 11.6 Å². The molecule has 0 aliphatic carbocycles. The van der Waals surface area contributed by atoms with Crippen LogP contribution in [0.3, 0.4) is 0 Å². The molecule has 0 spiro atoms. The van der Waals surface area contributed by atoms with Gasteiger partial charge in [-0.25, -0.2) is 10.2 Å². The summed E-state index contributed by atoms with van der Waals surface area (Å²) in [6.07, 6.45) is 1.45. The topological polar surface area (TPSA) is 86.2 Å². The number of ether oxygens (including phenoxy) is 3. The average molecular weight is 453 g/mol. The quantitative estimate of drug-likeness (QED) is 0.231. The molecule has 8 heteroatoms. The summed E-state index contributed by atoms with van der Waals surface area (Å²) in [4.78, 5) is 24.6. The van der Waals surface area contributed by atoms with Gasteiger partial charge in [-0.15, -0.1) is 0 Å². The molecule has 3 aromatic carbocycles. The highest BCUT2D eigenvalue weighted by Crippen LogP contribution is 2.29. The zero-order valence-electron chi connectivity index (χ0n) is 17.5. The SMILES string of the molecule is CCOc1cc(/C=N\NC(=O)c2ccccc2Cl)ccc1OC(=O)c1ccc(OC)cc1. The molecule has 0 aromatic heterocycles. The molecule has 0 saturated carbocycles. The van der Waals surface area contributed by atoms with Gasteiger partial charge in [0.15, 0.2) is 11.5 Å². The summed E-state index contributed by atoms with van der Waals surface area (Å²) in [6.45, 7) is 2.19. The van der Waals surface area contributed by atoms with Crippen molar-refractivity contribution < 1.29 is 23.8 Å². The second-order valence-electron chi connectivity index (χ2n) is 6.44. The number of halogens is 1. The molecule has 164 valence electrons. The Hall–Kier alpha value is -3.84. The second-order valence-corrected chi connectivity index (χ2v) is 6.84. The third-order valence-corrected chi connectivity index (χ3v) is 4.62. The molecule has 1 N–H and O–H groups in total. The molecule has 1 amide bonds. The first kappa shape index (κ1) is 22.8. The molecule has 3 rings (SSSR count). The number of benzene rings is 3. The molecule has 0 fully saturated rings. The summed E-state index contributed by atoms with van der Waals surface area (Å²) in [7, 11) is 1.55. The van der Waals surface area contributed by atoms with Gasteiger partial charge < -0.3 is 14.2 Å². The minimum absolute atomic E-state index is 0.268. The van der Waals surface area contributed by atoms with Crippen molar-refractivity contribution in [1.82, 2.24) is 5.43 Å². The predicted molar refractivity (Wildman–Crippen MR) is 122 cm³/mol. The van der Waals surface area contributed by atoms with Crippen molar-refractivity contribution in [2.24, 2.45) is 5.10 Å². The van der Waals surface area contributed by atoms with E-state index in [0.29, 0.717) is 39.8 Å². The zero-order chi connectivity index (χ0) is 22.9. The van der Waals surface area contributed by atoms with Crippen LogP contribution in [0.2, 0.25) is 5.02 Å². The monoisotopic (exact) mass is 452 g/mol. The Morgan fingerprint density at radius 1 is 1.03 bits per heavy atom. The first-order valence-electron chi connectivity index (χ1n) is 9.72. The van der Waals surface area contributed by atoms with Crippen molar-refractivity contribution in [1.29, 1.82) is 0 Å². The fraction of sp³-hybridized carbons (Fsp3) is 0.125. The summed E-state index contributed by atoms with van der Waals surface area (Å²) in [5.41, 5.74) is 3.76. The van der Waals surface area contributed by atoms with E-state index in [1.54, 1.807) is 73.8 Å². The van der Waals surface area contributed by atoms with Crippen LogP contribution in [0.5, 0.6) is 17.2 Å². The summed E-state index contributed by atoms with van der Waals surface area (Å²) >= 11 is 6.01. The largest absolute Gasteiger partial charge is 0.497 e. The number of hydrogen-bond donors (Lipinski definition) is 1. The standard InChI is InChI=1S/C24H21ClN2O5/c1-3-31-22-14-16(15-26-27-23(28)19-6-4-5-7-20(19)25)8-13-21(22)32-24(29)17-9-11-18(30-2)12-10-17/h4-15H,3H2,1-2H3,(H,27,28)/b26-15-. The van der Waals surface area contributed by atoms with Crippen LogP contribution < -0.4 is 19.6 Å². The summed E-state index contributed by atoms with van der Waals surface area (Å²) in [5.74, 6) is 0.325. The molecular weight excluding hydrogens is 432 g/mol. The molecule has 0 atom stereocenters. The third-order valence-electron chi connectivity index (χ3n) is 4.29. The van der Waals surface area contributed by atoms with Gasteiger partial charge in [-0.3, -0.25) is 4.79 Å². The van der Waals surface area contributed by atoms with Crippen molar-refractivity contribution in [2.75, 3.05) is 13.7 Å². The van der Waals surface area contributed by atoms with Gasteiger partial charge in [-0.1, -0.05) is 23.7 Å². The van der Waals surface area contributed by atoms with Gasteiger partial charge >= 0.3 is 5.97 Å². The van der Waals surface area contributed by atoms with Crippen LogP contribution in [0.4, 0.5) is 0 Å². The molecule has 0 radical (unpaired) electrons. The number of carbonyl (C=O) groups excluding carboxylic acids is 2. The van der Waals surface area contributed by atoms with Crippen LogP contribution in [0.15, 0.2) is 71.8 Å². The fourth-order valence-corrected chi connectivity index (χ4v) is 2.94. The molecule has 3 aromatic rings. The minimum atomic E-state index is -0.526. The number of nitrogens with zero attached hydrogens (tertiary/aromatic N) is 1. The zero-order valence-corrected chi connectivity index (χ0v) is 18.3. The van der Waals surface area contributed by atoms with Crippen molar-refractivity contribution in [2.45, 2.75) is 6.92 Å². The van der Waals surface area contributed by atoms with E-state index in [2.05, 4.69) is 10.5 Å². The Morgan fingerprint density at radius 3 is 2.47 bits per heavy atom. The van der Waals surface area contributed by atoms with Gasteiger partial charge in [0.25, 0.3) is 5.91 Å². The highest BCUT2D eigenvalue weighted by Gasteiger charge is 2.14. The maximum Gasteiger partial charge on any atom is 0.343 e. The Bertz CT molecular complexity index is 1130. The van der Waals surface area contributed by atoms with E-state index in [0.717, 1.165) is 0 Å². The van der Waals surface area contributed by atoms with Crippen LogP contribution in [0.1, 0.15) is 33.2 Å². The van der Waals surface area contributed by atoms with Gasteiger partial charge in [0.1, 0.15) is 5.75 Å². The lowest BCUT2D eigenvalue weighted by atomic mass is 10.2. The molecule has 7 nitrogen and oxygen atoms in total. The molecule has 0 heterocycles. The Kier molecular flexibility index (Phi) is 7.83. The van der Waals surface area contributed by atoms with E-state index in [1.165, 1.54) is 6.21 Å². The van der Waals surface area contributed by atoms with E-state index in [4.69, 9.17) is 25.8 Å². The number of hydrazone groups is 1. The Labute approximate surface area is 190 Å². The van der Waals surface area contributed by atoms with E-state index < -0.39 is 11.9 Å². The van der Waals surface area contributed by atoms with Crippen molar-refractivity contribution in [3.05, 3.63) is 88.4 Å². The molecule has 0 saturated heterocycles. The predicted octanol–water partition coefficient (Wildman–Crippen LogP) is 4.73. The minimum Gasteiger partial charge on any atom is -0.497 e. The number of amides is 1. The first-order chi connectivity index (χ1) is 15.5. The lowest BCUT2D eigenvalue weighted by molar-refractivity contribution is 0.0728. The average Bonchev–Trinajstić information content (AvgIpc) is 2.81. The number of rotatable bonds is 8. The molecule has 0 unspecified atom stereocenters. The maximum absolute atomic E-state index is 12.5. The Morgan fingerprint density at radius 2 is 1.78 bits per heavy atom. The van der Waals surface area contributed by atoms with E-state index in [1.807, 2.05) is 6.92 Å². The molecule has 32 heavy (non-hydrogen) atoms. The van der Waals surface area contributed by atoms with Crippen LogP contribution in [-0.4, -0.2) is 31.8 Å². The molecule has 0 bridgehead atoms. The van der Waals surface area contributed by atoms with Crippen LogP contribution in [0, 0.1) is 0 Å². The number of esters is 1. The number of carbonyl (C=O) groups is 2. The fourth-order valence-electron chi connectivity index (χ4n) is 2.71. The number of hydrogen-bond acceptors (Lipinski definition) is 6. The van der Waals surface area contributed by atoms with E-state index >= 15 is 0 Å². The van der Waals surface area contributed by atoms with Crippen LogP contribution in [-0.2, 0) is 0 Å². The highest BCUT2D eigenvalue weighted by molar-refractivity contribution is 6.33. The number of nitrogens with one attached hydrogen (secondary N) is 1. The molecular formula is C24H21ClN2O5. The lowest BCUT2D eigenvalue weighted by Gasteiger charge is -2.11. The van der Waals surface area contributed by atoms with Gasteiger partial charge in [0.2, 0.25) is 0 Å². The third kappa shape index (κ3) is 5.86. The van der Waals surface area contributed by atoms with Crippen molar-refractivity contribution >= 4 is 29.7 Å². The normalized spacial score (nSPS) is 10.6. The highest BCUT2D eigenvalue weighted by atomic mass is 35.5. The van der Waals surface area contributed by atoms with Gasteiger partial charge in [-0.05, 0) is 67.1 Å². The van der Waals surface area contributed by atoms with E-state index in [9.17, 15) is 9.59 Å². The lowest BCUT2D eigenvalue weighted by Crippen LogP contribution is -2.17. The summed E-state index contributed by atoms with van der Waals surface area (Å²) in [5, 5.41) is 4.29. The molecule has 0 aliphatic heterocycles.